The first kappa shape index (κ1) is 39.2. The van der Waals surface area contributed by atoms with Gasteiger partial charge in [-0.1, -0.05) is 65.3 Å². The van der Waals surface area contributed by atoms with E-state index in [9.17, 15) is 19.4 Å². The van der Waals surface area contributed by atoms with Gasteiger partial charge in [-0.3, -0.25) is 4.79 Å². The normalized spacial score (nSPS) is 41.2. The molecule has 0 aromatic rings. The number of nitrogens with one attached hydrogen (secondary N) is 1. The average Bonchev–Trinajstić information content (AvgIpc) is 3.49. The molecule has 6 rings (SSSR count). The van der Waals surface area contributed by atoms with Crippen molar-refractivity contribution in [3.63, 3.8) is 0 Å². The summed E-state index contributed by atoms with van der Waals surface area (Å²) >= 11 is 0. The standard InChI is InChI=1S/C45H72FNO4/c1-8-9-10-36(32-13-18-43(30-46,19-14-32)39(48)49)40(4,5)33-15-17-41(6)34(29-33)11-12-37-38-35(31(2)3)16-20-45(38,22-21-42(37,41)7)47-26-23-44(50)24-27-51-28-25-44/h10,13,33-35,37-38,47,50H,2,8-9,11-12,14-30H2,1,3-7H3,(H,48,49)/b36-10-/t33-,34-,35+,37-,38-,41-,42-,43+,45+/m1/s1. The van der Waals surface area contributed by atoms with Crippen molar-refractivity contribution in [2.45, 2.75) is 162 Å². The first-order chi connectivity index (χ1) is 24.1. The second-order valence-corrected chi connectivity index (χ2v) is 19.7. The number of aliphatic hydroxyl groups is 1. The molecule has 0 amide bonds. The maximum Gasteiger partial charge on any atom is 0.312 e. The van der Waals surface area contributed by atoms with Gasteiger partial charge in [0.25, 0.3) is 0 Å². The summed E-state index contributed by atoms with van der Waals surface area (Å²) in [4.78, 5) is 12.0. The summed E-state index contributed by atoms with van der Waals surface area (Å²) < 4.78 is 19.6. The zero-order valence-corrected chi connectivity index (χ0v) is 33.2. The lowest BCUT2D eigenvalue weighted by Gasteiger charge is -2.68. The molecule has 9 atom stereocenters. The van der Waals surface area contributed by atoms with Gasteiger partial charge in [-0.05, 0) is 173 Å². The van der Waals surface area contributed by atoms with Crippen molar-refractivity contribution in [2.75, 3.05) is 26.4 Å². The fraction of sp³-hybridized carbons (Fsp3) is 0.844. The molecule has 6 heteroatoms. The Morgan fingerprint density at radius 2 is 1.80 bits per heavy atom. The van der Waals surface area contributed by atoms with Crippen LogP contribution in [0.5, 0.6) is 0 Å². The van der Waals surface area contributed by atoms with Crippen molar-refractivity contribution in [1.82, 2.24) is 5.32 Å². The van der Waals surface area contributed by atoms with E-state index in [1.807, 2.05) is 0 Å². The van der Waals surface area contributed by atoms with E-state index in [0.29, 0.717) is 61.1 Å². The number of hydrogen-bond acceptors (Lipinski definition) is 4. The van der Waals surface area contributed by atoms with Gasteiger partial charge in [-0.25, -0.2) is 4.39 Å². The third kappa shape index (κ3) is 6.77. The van der Waals surface area contributed by atoms with Crippen LogP contribution in [-0.4, -0.2) is 53.8 Å². The maximum atomic E-state index is 14.0. The van der Waals surface area contributed by atoms with E-state index in [1.54, 1.807) is 0 Å². The molecule has 0 aromatic carbocycles. The van der Waals surface area contributed by atoms with E-state index in [-0.39, 0.29) is 22.8 Å². The van der Waals surface area contributed by atoms with Gasteiger partial charge in [0.2, 0.25) is 0 Å². The Hall–Kier alpha value is -1.50. The molecule has 0 spiro atoms. The molecule has 3 N–H and O–H groups in total. The van der Waals surface area contributed by atoms with Crippen LogP contribution in [0.2, 0.25) is 0 Å². The summed E-state index contributed by atoms with van der Waals surface area (Å²) in [6.07, 6.45) is 21.6. The number of halogens is 1. The summed E-state index contributed by atoms with van der Waals surface area (Å²) in [5, 5.41) is 25.3. The Labute approximate surface area is 309 Å². The highest BCUT2D eigenvalue weighted by atomic mass is 19.1. The van der Waals surface area contributed by atoms with E-state index in [0.717, 1.165) is 38.6 Å². The molecule has 288 valence electrons. The Bertz CT molecular complexity index is 1360. The molecule has 4 saturated carbocycles. The van der Waals surface area contributed by atoms with Gasteiger partial charge in [-0.15, -0.1) is 0 Å². The lowest BCUT2D eigenvalue weighted by molar-refractivity contribution is -0.176. The predicted molar refractivity (Wildman–Crippen MR) is 205 cm³/mol. The van der Waals surface area contributed by atoms with Crippen LogP contribution in [0.15, 0.2) is 35.5 Å². The topological polar surface area (TPSA) is 78.8 Å². The van der Waals surface area contributed by atoms with Crippen molar-refractivity contribution < 1.29 is 24.1 Å². The molecule has 0 bridgehead atoms. The van der Waals surface area contributed by atoms with E-state index in [2.05, 4.69) is 65.6 Å². The van der Waals surface area contributed by atoms with Gasteiger partial charge in [0, 0.05) is 18.8 Å². The molecule has 5 aliphatic carbocycles. The summed E-state index contributed by atoms with van der Waals surface area (Å²) in [6.45, 7) is 20.8. The largest absolute Gasteiger partial charge is 0.481 e. The van der Waals surface area contributed by atoms with E-state index in [1.165, 1.54) is 74.5 Å². The first-order valence-electron chi connectivity index (χ1n) is 21.0. The third-order valence-electron chi connectivity index (χ3n) is 17.1. The molecule has 0 unspecified atom stereocenters. The lowest BCUT2D eigenvalue weighted by Crippen LogP contribution is -2.65. The lowest BCUT2D eigenvalue weighted by atomic mass is 9.38. The highest BCUT2D eigenvalue weighted by Gasteiger charge is 2.66. The van der Waals surface area contributed by atoms with Crippen molar-refractivity contribution in [3.05, 3.63) is 35.5 Å². The van der Waals surface area contributed by atoms with Gasteiger partial charge in [0.1, 0.15) is 6.67 Å². The summed E-state index contributed by atoms with van der Waals surface area (Å²) in [5.41, 5.74) is 2.90. The van der Waals surface area contributed by atoms with Crippen LogP contribution in [-0.2, 0) is 9.53 Å². The molecule has 5 nitrogen and oxygen atoms in total. The molecular weight excluding hydrogens is 637 g/mol. The summed E-state index contributed by atoms with van der Waals surface area (Å²) in [7, 11) is 0. The first-order valence-corrected chi connectivity index (χ1v) is 21.0. The van der Waals surface area contributed by atoms with Crippen LogP contribution in [0.25, 0.3) is 0 Å². The van der Waals surface area contributed by atoms with Crippen LogP contribution in [0.3, 0.4) is 0 Å². The molecule has 0 aromatic heterocycles. The van der Waals surface area contributed by atoms with E-state index in [4.69, 9.17) is 4.74 Å². The number of aliphatic carboxylic acids is 1. The number of ether oxygens (including phenoxy) is 1. The van der Waals surface area contributed by atoms with Crippen molar-refractivity contribution >= 4 is 5.97 Å². The third-order valence-corrected chi connectivity index (χ3v) is 17.1. The quantitative estimate of drug-likeness (QED) is 0.176. The second kappa shape index (κ2) is 14.6. The number of alkyl halides is 1. The molecule has 51 heavy (non-hydrogen) atoms. The number of unbranched alkanes of at least 4 members (excludes halogenated alkanes) is 1. The number of fused-ring (bicyclic) bond motifs is 5. The molecule has 1 heterocycles. The van der Waals surface area contributed by atoms with Crippen molar-refractivity contribution in [1.29, 1.82) is 0 Å². The van der Waals surface area contributed by atoms with Crippen LogP contribution in [0, 0.1) is 51.2 Å². The number of carboxylic acid groups (broad SMARTS) is 1. The summed E-state index contributed by atoms with van der Waals surface area (Å²) in [5.74, 6) is 2.12. The maximum absolute atomic E-state index is 14.0. The van der Waals surface area contributed by atoms with Crippen molar-refractivity contribution in [2.24, 2.45) is 51.2 Å². The van der Waals surface area contributed by atoms with Gasteiger partial charge in [-0.2, -0.15) is 0 Å². The van der Waals surface area contributed by atoms with Crippen LogP contribution < -0.4 is 5.32 Å². The van der Waals surface area contributed by atoms with Gasteiger partial charge in [0.15, 0.2) is 0 Å². The van der Waals surface area contributed by atoms with Gasteiger partial charge < -0.3 is 20.3 Å². The summed E-state index contributed by atoms with van der Waals surface area (Å²) in [6, 6.07) is 0. The monoisotopic (exact) mass is 710 g/mol. The predicted octanol–water partition coefficient (Wildman–Crippen LogP) is 10.4. The smallest absolute Gasteiger partial charge is 0.312 e. The fourth-order valence-electron chi connectivity index (χ4n) is 13.2. The highest BCUT2D eigenvalue weighted by Crippen LogP contribution is 2.72. The molecular formula is C45H72FNO4. The van der Waals surface area contributed by atoms with Crippen LogP contribution >= 0.6 is 0 Å². The minimum Gasteiger partial charge on any atom is -0.481 e. The molecule has 1 saturated heterocycles. The number of carbonyl (C=O) groups is 1. The molecule has 1 aliphatic heterocycles. The second-order valence-electron chi connectivity index (χ2n) is 19.7. The zero-order valence-electron chi connectivity index (χ0n) is 33.2. The van der Waals surface area contributed by atoms with Gasteiger partial charge in [0.05, 0.1) is 11.0 Å². The van der Waals surface area contributed by atoms with Crippen LogP contribution in [0.1, 0.15) is 151 Å². The fourth-order valence-corrected chi connectivity index (χ4v) is 13.2. The minimum atomic E-state index is -1.26. The number of hydrogen-bond donors (Lipinski definition) is 3. The van der Waals surface area contributed by atoms with E-state index >= 15 is 0 Å². The van der Waals surface area contributed by atoms with Crippen LogP contribution in [0.4, 0.5) is 4.39 Å². The number of rotatable bonds is 12. The molecule has 0 radical (unpaired) electrons. The SMILES string of the molecule is C=C(C)[C@@H]1CC[C@]2(NCCC3(O)CCOCC3)CC[C@]3(C)[C@H](CC[C@@H]4C[C@H](C(C)(C)/C(=C\CCC)C5=CC[C@](CF)(C(=O)O)CC5)CC[C@]43C)[C@@H]12. The Morgan fingerprint density at radius 1 is 1.06 bits per heavy atom. The van der Waals surface area contributed by atoms with Crippen molar-refractivity contribution in [3.8, 4) is 0 Å². The number of carboxylic acids is 1. The Kier molecular flexibility index (Phi) is 11.2. The van der Waals surface area contributed by atoms with E-state index < -0.39 is 23.7 Å². The Balaban J connectivity index is 1.21. The highest BCUT2D eigenvalue weighted by molar-refractivity contribution is 5.75. The van der Waals surface area contributed by atoms with Gasteiger partial charge >= 0.3 is 5.97 Å². The minimum absolute atomic E-state index is 0.0182. The average molecular weight is 710 g/mol. The molecule has 5 fully saturated rings. The Morgan fingerprint density at radius 3 is 2.43 bits per heavy atom. The number of allylic oxidation sites excluding steroid dienone is 5. The molecule has 6 aliphatic rings. The zero-order chi connectivity index (χ0) is 36.9.